The van der Waals surface area contributed by atoms with E-state index in [1.165, 1.54) is 0 Å². The van der Waals surface area contributed by atoms with Crippen molar-refractivity contribution in [3.63, 3.8) is 0 Å². The van der Waals surface area contributed by atoms with Gasteiger partial charge in [0.05, 0.1) is 7.11 Å². The third kappa shape index (κ3) is 4.75. The van der Waals surface area contributed by atoms with Crippen LogP contribution < -0.4 is 9.47 Å². The Bertz CT molecular complexity index is 865. The average Bonchev–Trinajstić information content (AvgIpc) is 3.28. The molecule has 0 bridgehead atoms. The third-order valence-electron chi connectivity index (χ3n) is 5.52. The molecule has 1 aliphatic rings. The zero-order chi connectivity index (χ0) is 21.5. The molecule has 2 amide bonds. The highest BCUT2D eigenvalue weighted by atomic mass is 16.5. The second kappa shape index (κ2) is 10.1. The molecule has 0 saturated carbocycles. The normalized spacial score (nSPS) is 15.7. The van der Waals surface area contributed by atoms with E-state index in [0.29, 0.717) is 49.7 Å². The van der Waals surface area contributed by atoms with Crippen molar-refractivity contribution in [2.24, 2.45) is 0 Å². The number of hydrogen-bond donors (Lipinski definition) is 0. The van der Waals surface area contributed by atoms with Crippen molar-refractivity contribution in [3.05, 3.63) is 59.7 Å². The highest BCUT2D eigenvalue weighted by Crippen LogP contribution is 2.30. The predicted octanol–water partition coefficient (Wildman–Crippen LogP) is 3.75. The Labute approximate surface area is 178 Å². The highest BCUT2D eigenvalue weighted by Gasteiger charge is 2.36. The largest absolute Gasteiger partial charge is 0.493 e. The molecule has 2 aromatic rings. The van der Waals surface area contributed by atoms with E-state index in [1.807, 2.05) is 44.2 Å². The molecule has 6 nitrogen and oxygen atoms in total. The molecule has 1 atom stereocenters. The Kier molecular flexibility index (Phi) is 7.33. The monoisotopic (exact) mass is 410 g/mol. The van der Waals surface area contributed by atoms with Gasteiger partial charge in [-0.05, 0) is 50.5 Å². The van der Waals surface area contributed by atoms with Gasteiger partial charge in [-0.25, -0.2) is 0 Å². The van der Waals surface area contributed by atoms with Gasteiger partial charge in [-0.15, -0.1) is 0 Å². The Balaban J connectivity index is 1.74. The molecule has 0 N–H and O–H groups in total. The zero-order valence-corrected chi connectivity index (χ0v) is 18.0. The van der Waals surface area contributed by atoms with Crippen molar-refractivity contribution in [1.82, 2.24) is 9.80 Å². The number of carbonyl (C=O) groups excluding carboxylic acids is 2. The minimum atomic E-state index is -0.391. The fourth-order valence-electron chi connectivity index (χ4n) is 3.83. The number of carbonyl (C=O) groups is 2. The van der Waals surface area contributed by atoms with Crippen LogP contribution in [-0.4, -0.2) is 54.4 Å². The van der Waals surface area contributed by atoms with Gasteiger partial charge in [-0.3, -0.25) is 9.59 Å². The van der Waals surface area contributed by atoms with E-state index in [1.54, 1.807) is 35.1 Å². The summed E-state index contributed by atoms with van der Waals surface area (Å²) in [6.07, 6.45) is 1.54. The number of nitrogens with zero attached hydrogens (tertiary/aromatic N) is 2. The van der Waals surface area contributed by atoms with E-state index in [2.05, 4.69) is 0 Å². The van der Waals surface area contributed by atoms with Gasteiger partial charge in [-0.1, -0.05) is 30.3 Å². The second-order valence-electron chi connectivity index (χ2n) is 7.31. The number of ether oxygens (including phenoxy) is 2. The van der Waals surface area contributed by atoms with Crippen LogP contribution in [0.3, 0.4) is 0 Å². The van der Waals surface area contributed by atoms with Crippen molar-refractivity contribution in [2.75, 3.05) is 26.7 Å². The Morgan fingerprint density at radius 3 is 2.47 bits per heavy atom. The summed E-state index contributed by atoms with van der Waals surface area (Å²) in [5.41, 5.74) is 1.55. The van der Waals surface area contributed by atoms with E-state index < -0.39 is 6.04 Å². The van der Waals surface area contributed by atoms with Gasteiger partial charge in [0.1, 0.15) is 12.6 Å². The first-order valence-electron chi connectivity index (χ1n) is 10.5. The Hall–Kier alpha value is -3.02. The van der Waals surface area contributed by atoms with Crippen LogP contribution in [-0.2, 0) is 11.4 Å². The van der Waals surface area contributed by atoms with E-state index >= 15 is 0 Å². The molecule has 1 saturated heterocycles. The minimum absolute atomic E-state index is 0.0284. The van der Waals surface area contributed by atoms with E-state index in [-0.39, 0.29) is 11.8 Å². The quantitative estimate of drug-likeness (QED) is 0.665. The minimum Gasteiger partial charge on any atom is -0.493 e. The standard InChI is InChI=1S/C24H30N2O4/c1-4-25(5-2)24(28)20-12-9-15-26(20)23(27)19-13-14-21(22(16-19)29-3)30-17-18-10-7-6-8-11-18/h6-8,10-11,13-14,16,20H,4-5,9,12,15,17H2,1-3H3. The molecule has 0 aromatic heterocycles. The van der Waals surface area contributed by atoms with Crippen LogP contribution in [0.2, 0.25) is 0 Å². The van der Waals surface area contributed by atoms with Crippen LogP contribution in [0.15, 0.2) is 48.5 Å². The molecule has 160 valence electrons. The summed E-state index contributed by atoms with van der Waals surface area (Å²) in [6.45, 7) is 6.22. The van der Waals surface area contributed by atoms with Crippen LogP contribution in [0.1, 0.15) is 42.6 Å². The first-order valence-corrected chi connectivity index (χ1v) is 10.5. The third-order valence-corrected chi connectivity index (χ3v) is 5.52. The van der Waals surface area contributed by atoms with Gasteiger partial charge in [-0.2, -0.15) is 0 Å². The maximum atomic E-state index is 13.2. The molecule has 1 aliphatic heterocycles. The predicted molar refractivity (Wildman–Crippen MR) is 116 cm³/mol. The fourth-order valence-corrected chi connectivity index (χ4v) is 3.83. The smallest absolute Gasteiger partial charge is 0.254 e. The van der Waals surface area contributed by atoms with Crippen LogP contribution in [0, 0.1) is 0 Å². The molecular weight excluding hydrogens is 380 g/mol. The van der Waals surface area contributed by atoms with E-state index in [0.717, 1.165) is 12.0 Å². The molecule has 0 radical (unpaired) electrons. The fraction of sp³-hybridized carbons (Fsp3) is 0.417. The summed E-state index contributed by atoms with van der Waals surface area (Å²) in [7, 11) is 1.56. The molecule has 0 spiro atoms. The maximum Gasteiger partial charge on any atom is 0.254 e. The lowest BCUT2D eigenvalue weighted by molar-refractivity contribution is -0.134. The van der Waals surface area contributed by atoms with Gasteiger partial charge in [0.2, 0.25) is 5.91 Å². The lowest BCUT2D eigenvalue weighted by Crippen LogP contribution is -2.47. The van der Waals surface area contributed by atoms with Crippen LogP contribution in [0.4, 0.5) is 0 Å². The summed E-state index contributed by atoms with van der Waals surface area (Å²) < 4.78 is 11.3. The summed E-state index contributed by atoms with van der Waals surface area (Å²) in [6, 6.07) is 14.7. The summed E-state index contributed by atoms with van der Waals surface area (Å²) in [5.74, 6) is 0.962. The van der Waals surface area contributed by atoms with Crippen LogP contribution in [0.25, 0.3) is 0 Å². The molecule has 1 heterocycles. The second-order valence-corrected chi connectivity index (χ2v) is 7.31. The molecule has 3 rings (SSSR count). The van der Waals surface area contributed by atoms with Gasteiger partial charge >= 0.3 is 0 Å². The van der Waals surface area contributed by atoms with Gasteiger partial charge in [0.15, 0.2) is 11.5 Å². The number of rotatable bonds is 8. The van der Waals surface area contributed by atoms with E-state index in [9.17, 15) is 9.59 Å². The first kappa shape index (κ1) is 21.7. The van der Waals surface area contributed by atoms with Gasteiger partial charge in [0.25, 0.3) is 5.91 Å². The SMILES string of the molecule is CCN(CC)C(=O)C1CCCN1C(=O)c1ccc(OCc2ccccc2)c(OC)c1. The summed E-state index contributed by atoms with van der Waals surface area (Å²) in [5, 5.41) is 0. The Morgan fingerprint density at radius 2 is 1.80 bits per heavy atom. The zero-order valence-electron chi connectivity index (χ0n) is 18.0. The Morgan fingerprint density at radius 1 is 1.07 bits per heavy atom. The summed E-state index contributed by atoms with van der Waals surface area (Å²) >= 11 is 0. The van der Waals surface area contributed by atoms with Gasteiger partial charge in [0, 0.05) is 25.2 Å². The molecule has 0 aliphatic carbocycles. The molecule has 30 heavy (non-hydrogen) atoms. The van der Waals surface area contributed by atoms with Crippen molar-refractivity contribution in [2.45, 2.75) is 39.3 Å². The number of amides is 2. The number of methoxy groups -OCH3 is 1. The maximum absolute atomic E-state index is 13.2. The first-order chi connectivity index (χ1) is 14.6. The van der Waals surface area contributed by atoms with Crippen molar-refractivity contribution >= 4 is 11.8 Å². The molecule has 6 heteroatoms. The van der Waals surface area contributed by atoms with Crippen LogP contribution >= 0.6 is 0 Å². The molecule has 1 unspecified atom stereocenters. The lowest BCUT2D eigenvalue weighted by Gasteiger charge is -2.29. The molecular formula is C24H30N2O4. The highest BCUT2D eigenvalue weighted by molar-refractivity contribution is 5.98. The molecule has 2 aromatic carbocycles. The summed E-state index contributed by atoms with van der Waals surface area (Å²) in [4.78, 5) is 29.5. The van der Waals surface area contributed by atoms with Crippen molar-refractivity contribution < 1.29 is 19.1 Å². The number of benzene rings is 2. The van der Waals surface area contributed by atoms with Gasteiger partial charge < -0.3 is 19.3 Å². The topological polar surface area (TPSA) is 59.1 Å². The van der Waals surface area contributed by atoms with Crippen molar-refractivity contribution in [3.8, 4) is 11.5 Å². The van der Waals surface area contributed by atoms with Crippen LogP contribution in [0.5, 0.6) is 11.5 Å². The molecule has 1 fully saturated rings. The number of likely N-dealkylation sites (tertiary alicyclic amines) is 1. The van der Waals surface area contributed by atoms with Crippen molar-refractivity contribution in [1.29, 1.82) is 0 Å². The number of hydrogen-bond acceptors (Lipinski definition) is 4. The number of likely N-dealkylation sites (N-methyl/N-ethyl adjacent to an activating group) is 1. The van der Waals surface area contributed by atoms with E-state index in [4.69, 9.17) is 9.47 Å². The lowest BCUT2D eigenvalue weighted by atomic mass is 10.1. The average molecular weight is 411 g/mol.